The highest BCUT2D eigenvalue weighted by molar-refractivity contribution is 14.0. The maximum atomic E-state index is 12.0. The molecule has 0 radical (unpaired) electrons. The summed E-state index contributed by atoms with van der Waals surface area (Å²) in [5.74, 6) is -0.103. The molecular formula is C14H19F3IN3O2. The van der Waals surface area contributed by atoms with E-state index in [9.17, 15) is 13.2 Å². The lowest BCUT2D eigenvalue weighted by atomic mass is 9.80. The average Bonchev–Trinajstić information content (AvgIpc) is 2.39. The molecule has 1 aliphatic rings. The van der Waals surface area contributed by atoms with Crippen molar-refractivity contribution in [2.24, 2.45) is 10.7 Å². The van der Waals surface area contributed by atoms with Gasteiger partial charge in [-0.1, -0.05) is 0 Å². The number of alkyl halides is 3. The first-order valence-electron chi connectivity index (χ1n) is 6.80. The zero-order chi connectivity index (χ0) is 16.2. The maximum Gasteiger partial charge on any atom is 0.573 e. The van der Waals surface area contributed by atoms with Gasteiger partial charge in [-0.15, -0.1) is 37.1 Å². The van der Waals surface area contributed by atoms with E-state index in [4.69, 9.17) is 10.5 Å². The van der Waals surface area contributed by atoms with Crippen LogP contribution in [0.15, 0.2) is 29.3 Å². The molecule has 1 aliphatic carbocycles. The smallest absolute Gasteiger partial charge is 0.406 e. The largest absolute Gasteiger partial charge is 0.573 e. The van der Waals surface area contributed by atoms with Gasteiger partial charge in [0.1, 0.15) is 5.75 Å². The fourth-order valence-electron chi connectivity index (χ4n) is 2.15. The molecule has 9 heteroatoms. The molecule has 0 amide bonds. The number of aliphatic imine (C=N–C) groups is 1. The van der Waals surface area contributed by atoms with Crippen molar-refractivity contribution in [1.29, 1.82) is 0 Å². The van der Waals surface area contributed by atoms with E-state index in [-0.39, 0.29) is 41.3 Å². The summed E-state index contributed by atoms with van der Waals surface area (Å²) in [6, 6.07) is 5.26. The number of halogens is 4. The lowest BCUT2D eigenvalue weighted by Gasteiger charge is -2.39. The van der Waals surface area contributed by atoms with E-state index in [1.54, 1.807) is 7.11 Å². The van der Waals surface area contributed by atoms with Gasteiger partial charge in [-0.05, 0) is 43.5 Å². The second-order valence-corrected chi connectivity index (χ2v) is 5.14. The molecule has 1 aromatic carbocycles. The average molecular weight is 445 g/mol. The molecule has 0 bridgehead atoms. The van der Waals surface area contributed by atoms with E-state index >= 15 is 0 Å². The molecule has 1 fully saturated rings. The minimum absolute atomic E-state index is 0. The Morgan fingerprint density at radius 3 is 2.35 bits per heavy atom. The molecule has 0 heterocycles. The number of hydrogen-bond donors (Lipinski definition) is 2. The number of methoxy groups -OCH3 is 1. The number of nitrogens with zero attached hydrogens (tertiary/aromatic N) is 1. The van der Waals surface area contributed by atoms with Crippen LogP contribution in [0.5, 0.6) is 5.75 Å². The van der Waals surface area contributed by atoms with Crippen molar-refractivity contribution >= 4 is 35.6 Å². The van der Waals surface area contributed by atoms with Crippen LogP contribution in [0.3, 0.4) is 0 Å². The van der Waals surface area contributed by atoms with Gasteiger partial charge in [0.2, 0.25) is 0 Å². The number of hydrogen-bond acceptors (Lipinski definition) is 3. The first-order valence-corrected chi connectivity index (χ1v) is 6.80. The standard InChI is InChI=1S/C14H18F3N3O2.HI/c1-21-13(7-2-8-13)9-19-12(18)20-10-3-5-11(6-4-10)22-14(15,16)17;/h3-6H,2,7-9H2,1H3,(H3,18,19,20);1H. The molecule has 1 aromatic rings. The summed E-state index contributed by atoms with van der Waals surface area (Å²) in [5.41, 5.74) is 6.06. The van der Waals surface area contributed by atoms with Crippen molar-refractivity contribution in [3.63, 3.8) is 0 Å². The Morgan fingerprint density at radius 1 is 1.30 bits per heavy atom. The van der Waals surface area contributed by atoms with Gasteiger partial charge in [-0.25, -0.2) is 0 Å². The lowest BCUT2D eigenvalue weighted by Crippen LogP contribution is -2.43. The molecule has 0 aliphatic heterocycles. The van der Waals surface area contributed by atoms with E-state index in [1.807, 2.05) is 0 Å². The second kappa shape index (κ2) is 8.04. The third kappa shape index (κ3) is 6.05. The summed E-state index contributed by atoms with van der Waals surface area (Å²) in [5, 5.41) is 2.81. The minimum atomic E-state index is -4.70. The Hall–Kier alpha value is -1.23. The van der Waals surface area contributed by atoms with E-state index in [0.717, 1.165) is 19.3 Å². The predicted molar refractivity (Wildman–Crippen MR) is 92.2 cm³/mol. The van der Waals surface area contributed by atoms with Crippen LogP contribution < -0.4 is 15.8 Å². The SMILES string of the molecule is COC1(CN=C(N)Nc2ccc(OC(F)(F)F)cc2)CCC1.I. The van der Waals surface area contributed by atoms with Gasteiger partial charge < -0.3 is 20.5 Å². The number of nitrogens with two attached hydrogens (primary N) is 1. The molecule has 3 N–H and O–H groups in total. The number of ether oxygens (including phenoxy) is 2. The summed E-state index contributed by atoms with van der Waals surface area (Å²) in [4.78, 5) is 4.21. The van der Waals surface area contributed by atoms with Crippen molar-refractivity contribution in [3.8, 4) is 5.75 Å². The summed E-state index contributed by atoms with van der Waals surface area (Å²) < 4.78 is 45.4. The number of rotatable bonds is 5. The molecule has 0 saturated heterocycles. The number of benzene rings is 1. The second-order valence-electron chi connectivity index (χ2n) is 5.14. The quantitative estimate of drug-likeness (QED) is 0.414. The fourth-order valence-corrected chi connectivity index (χ4v) is 2.15. The number of guanidine groups is 1. The highest BCUT2D eigenvalue weighted by atomic mass is 127. The molecular weight excluding hydrogens is 426 g/mol. The van der Waals surface area contributed by atoms with Crippen molar-refractivity contribution < 1.29 is 22.6 Å². The van der Waals surface area contributed by atoms with Gasteiger partial charge >= 0.3 is 6.36 Å². The van der Waals surface area contributed by atoms with Gasteiger partial charge in [0.15, 0.2) is 5.96 Å². The first-order chi connectivity index (χ1) is 10.3. The van der Waals surface area contributed by atoms with Crippen LogP contribution >= 0.6 is 24.0 Å². The van der Waals surface area contributed by atoms with Gasteiger partial charge in [-0.3, -0.25) is 4.99 Å². The first kappa shape index (κ1) is 19.8. The molecule has 0 aromatic heterocycles. The Bertz CT molecular complexity index is 526. The summed E-state index contributed by atoms with van der Waals surface area (Å²) >= 11 is 0. The fraction of sp³-hybridized carbons (Fsp3) is 0.500. The van der Waals surface area contributed by atoms with Crippen LogP contribution in [-0.4, -0.2) is 31.6 Å². The Balaban J connectivity index is 0.00000264. The number of anilines is 1. The summed E-state index contributed by atoms with van der Waals surface area (Å²) in [7, 11) is 1.65. The Kier molecular flexibility index (Phi) is 6.93. The maximum absolute atomic E-state index is 12.0. The van der Waals surface area contributed by atoms with E-state index < -0.39 is 6.36 Å². The van der Waals surface area contributed by atoms with Gasteiger partial charge in [0.05, 0.1) is 12.1 Å². The topological polar surface area (TPSA) is 68.9 Å². The zero-order valence-corrected chi connectivity index (χ0v) is 14.9. The van der Waals surface area contributed by atoms with E-state index in [0.29, 0.717) is 12.2 Å². The van der Waals surface area contributed by atoms with Crippen molar-refractivity contribution in [1.82, 2.24) is 0 Å². The van der Waals surface area contributed by atoms with Crippen molar-refractivity contribution in [3.05, 3.63) is 24.3 Å². The highest BCUT2D eigenvalue weighted by Crippen LogP contribution is 2.35. The molecule has 2 rings (SSSR count). The zero-order valence-electron chi connectivity index (χ0n) is 12.5. The molecule has 5 nitrogen and oxygen atoms in total. The number of nitrogens with one attached hydrogen (secondary N) is 1. The van der Waals surface area contributed by atoms with Crippen LogP contribution in [-0.2, 0) is 4.74 Å². The Labute approximate surface area is 149 Å². The van der Waals surface area contributed by atoms with Crippen molar-refractivity contribution in [2.75, 3.05) is 19.0 Å². The molecule has 0 unspecified atom stereocenters. The third-order valence-corrected chi connectivity index (χ3v) is 3.60. The van der Waals surface area contributed by atoms with Gasteiger partial charge in [-0.2, -0.15) is 0 Å². The van der Waals surface area contributed by atoms with Crippen LogP contribution in [0.1, 0.15) is 19.3 Å². The normalized spacial score (nSPS) is 17.0. The molecule has 130 valence electrons. The van der Waals surface area contributed by atoms with Crippen LogP contribution in [0.25, 0.3) is 0 Å². The lowest BCUT2D eigenvalue weighted by molar-refractivity contribution is -0.274. The monoisotopic (exact) mass is 445 g/mol. The summed E-state index contributed by atoms with van der Waals surface area (Å²) in [6.45, 7) is 0.456. The molecule has 23 heavy (non-hydrogen) atoms. The van der Waals surface area contributed by atoms with Crippen molar-refractivity contribution in [2.45, 2.75) is 31.2 Å². The van der Waals surface area contributed by atoms with Gasteiger partial charge in [0.25, 0.3) is 0 Å². The highest BCUT2D eigenvalue weighted by Gasteiger charge is 2.36. The van der Waals surface area contributed by atoms with Gasteiger partial charge in [0, 0.05) is 12.8 Å². The Morgan fingerprint density at radius 2 is 1.91 bits per heavy atom. The predicted octanol–water partition coefficient (Wildman–Crippen LogP) is 3.50. The minimum Gasteiger partial charge on any atom is -0.406 e. The summed E-state index contributed by atoms with van der Waals surface area (Å²) in [6.07, 6.45) is -1.70. The van der Waals surface area contributed by atoms with E-state index in [2.05, 4.69) is 15.0 Å². The molecule has 1 saturated carbocycles. The molecule has 0 atom stereocenters. The third-order valence-electron chi connectivity index (χ3n) is 3.60. The van der Waals surface area contributed by atoms with E-state index in [1.165, 1.54) is 24.3 Å². The van der Waals surface area contributed by atoms with Crippen LogP contribution in [0, 0.1) is 0 Å². The van der Waals surface area contributed by atoms with Crippen LogP contribution in [0.2, 0.25) is 0 Å². The molecule has 0 spiro atoms. The van der Waals surface area contributed by atoms with Crippen LogP contribution in [0.4, 0.5) is 18.9 Å².